The molecule has 0 aliphatic heterocycles. The predicted octanol–water partition coefficient (Wildman–Crippen LogP) is 4.24. The third-order valence-electron chi connectivity index (χ3n) is 6.90. The van der Waals surface area contributed by atoms with Gasteiger partial charge in [-0.1, -0.05) is 12.1 Å². The fourth-order valence-electron chi connectivity index (χ4n) is 4.46. The molecule has 0 unspecified atom stereocenters. The normalized spacial score (nSPS) is 16.6. The number of anilines is 3. The van der Waals surface area contributed by atoms with Crippen LogP contribution in [-0.4, -0.2) is 36.0 Å². The summed E-state index contributed by atoms with van der Waals surface area (Å²) >= 11 is 0. The van der Waals surface area contributed by atoms with Crippen molar-refractivity contribution >= 4 is 45.5 Å². The van der Waals surface area contributed by atoms with Crippen LogP contribution < -0.4 is 16.4 Å². The van der Waals surface area contributed by atoms with E-state index in [0.717, 1.165) is 53.5 Å². The number of nitrogen functional groups attached to an aromatic ring is 1. The summed E-state index contributed by atoms with van der Waals surface area (Å²) in [6.07, 6.45) is 7.81. The van der Waals surface area contributed by atoms with Gasteiger partial charge in [-0.15, -0.1) is 0 Å². The first-order chi connectivity index (χ1) is 17.0. The molecule has 5 aromatic rings. The molecule has 2 amide bonds. The Morgan fingerprint density at radius 3 is 2.74 bits per heavy atom. The summed E-state index contributed by atoms with van der Waals surface area (Å²) in [5.41, 5.74) is 10.9. The highest BCUT2D eigenvalue weighted by Crippen LogP contribution is 2.47. The van der Waals surface area contributed by atoms with Crippen molar-refractivity contribution in [1.29, 1.82) is 0 Å². The first kappa shape index (κ1) is 19.9. The lowest BCUT2D eigenvalue weighted by molar-refractivity contribution is 0.261. The van der Waals surface area contributed by atoms with Crippen molar-refractivity contribution in [1.82, 2.24) is 30.0 Å². The topological polar surface area (TPSA) is 163 Å². The highest BCUT2D eigenvalue weighted by molar-refractivity contribution is 6.10. The van der Waals surface area contributed by atoms with Crippen LogP contribution in [0.4, 0.5) is 22.2 Å². The second-order valence-electron chi connectivity index (χ2n) is 9.48. The maximum absolute atomic E-state index is 12.7. The van der Waals surface area contributed by atoms with Crippen LogP contribution in [0, 0.1) is 0 Å². The van der Waals surface area contributed by atoms with Gasteiger partial charge in [0.15, 0.2) is 5.52 Å². The summed E-state index contributed by atoms with van der Waals surface area (Å²) in [6.45, 7) is 2.12. The van der Waals surface area contributed by atoms with E-state index in [1.165, 1.54) is 6.33 Å². The number of hydrogen-bond donors (Lipinski definition) is 3. The Hall–Kier alpha value is -4.48. The van der Waals surface area contributed by atoms with Crippen LogP contribution in [-0.2, 0) is 5.41 Å². The van der Waals surface area contributed by atoms with Gasteiger partial charge in [-0.25, -0.2) is 19.4 Å². The van der Waals surface area contributed by atoms with E-state index in [0.29, 0.717) is 28.6 Å². The quantitative estimate of drug-likeness (QED) is 0.340. The minimum absolute atomic E-state index is 0.0470. The second kappa shape index (κ2) is 7.01. The van der Waals surface area contributed by atoms with E-state index < -0.39 is 6.03 Å². The average molecular weight is 471 g/mol. The standard InChI is InChI=1S/C23H21N9O3/c1-23(6-7-23)15-8-16(34-29-15)28-22(33)27-14-5-4-12(18-19(14)31-35-30-18)13-9-32(11-2-3-11)21-17(13)20(24)25-10-26-21/h4-5,8-11H,2-3,6-7H2,1H3,(H2,24,25,26)(H2,27,28,33). The fourth-order valence-corrected chi connectivity index (χ4v) is 4.46. The molecular weight excluding hydrogens is 450 g/mol. The van der Waals surface area contributed by atoms with E-state index >= 15 is 0 Å². The van der Waals surface area contributed by atoms with Gasteiger partial charge in [0.25, 0.3) is 0 Å². The molecule has 0 radical (unpaired) electrons. The summed E-state index contributed by atoms with van der Waals surface area (Å²) < 4.78 is 12.5. The second-order valence-corrected chi connectivity index (χ2v) is 9.48. The maximum atomic E-state index is 12.7. The van der Waals surface area contributed by atoms with Crippen LogP contribution in [0.5, 0.6) is 0 Å². The largest absolute Gasteiger partial charge is 0.383 e. The molecule has 4 N–H and O–H groups in total. The Bertz CT molecular complexity index is 1620. The van der Waals surface area contributed by atoms with Crippen molar-refractivity contribution < 1.29 is 13.9 Å². The fraction of sp³-hybridized carbons (Fsp3) is 0.304. The van der Waals surface area contributed by atoms with Crippen molar-refractivity contribution in [2.45, 2.75) is 44.1 Å². The van der Waals surface area contributed by atoms with Crippen LogP contribution in [0.15, 0.2) is 39.9 Å². The Balaban J connectivity index is 1.22. The molecule has 1 aromatic carbocycles. The molecule has 4 heterocycles. The third-order valence-corrected chi connectivity index (χ3v) is 6.90. The van der Waals surface area contributed by atoms with Gasteiger partial charge in [0.05, 0.1) is 16.8 Å². The van der Waals surface area contributed by atoms with E-state index in [2.05, 4.69) is 47.6 Å². The molecule has 2 aliphatic rings. The lowest BCUT2D eigenvalue weighted by atomic mass is 10.0. The monoisotopic (exact) mass is 471 g/mol. The molecule has 12 heteroatoms. The number of benzene rings is 1. The maximum Gasteiger partial charge on any atom is 0.326 e. The minimum atomic E-state index is -0.492. The molecule has 0 spiro atoms. The molecule has 2 saturated carbocycles. The van der Waals surface area contributed by atoms with Gasteiger partial charge >= 0.3 is 6.03 Å². The Morgan fingerprint density at radius 1 is 1.11 bits per heavy atom. The summed E-state index contributed by atoms with van der Waals surface area (Å²) in [4.78, 5) is 21.3. The van der Waals surface area contributed by atoms with Crippen LogP contribution in [0.2, 0.25) is 0 Å². The van der Waals surface area contributed by atoms with E-state index in [1.807, 2.05) is 12.3 Å². The number of hydrogen-bond acceptors (Lipinski definition) is 9. The molecule has 7 rings (SSSR count). The van der Waals surface area contributed by atoms with Gasteiger partial charge in [-0.05, 0) is 48.1 Å². The van der Waals surface area contributed by atoms with Gasteiger partial charge in [0, 0.05) is 34.8 Å². The first-order valence-electron chi connectivity index (χ1n) is 11.4. The van der Waals surface area contributed by atoms with E-state index in [9.17, 15) is 4.79 Å². The zero-order valence-corrected chi connectivity index (χ0v) is 18.8. The number of nitrogens with one attached hydrogen (secondary N) is 2. The van der Waals surface area contributed by atoms with Crippen LogP contribution in [0.3, 0.4) is 0 Å². The molecule has 12 nitrogen and oxygen atoms in total. The third kappa shape index (κ3) is 3.21. The number of fused-ring (bicyclic) bond motifs is 2. The number of aromatic nitrogens is 6. The van der Waals surface area contributed by atoms with Crippen LogP contribution in [0.1, 0.15) is 44.3 Å². The zero-order valence-electron chi connectivity index (χ0n) is 18.8. The molecule has 0 atom stereocenters. The lowest BCUT2D eigenvalue weighted by Gasteiger charge is -2.07. The average Bonchev–Trinajstić information content (AvgIpc) is 3.64. The number of carbonyl (C=O) groups excluding carboxylic acids is 1. The number of carbonyl (C=O) groups is 1. The molecule has 0 saturated heterocycles. The number of urea groups is 1. The number of nitrogens with zero attached hydrogens (tertiary/aromatic N) is 6. The van der Waals surface area contributed by atoms with Crippen molar-refractivity contribution in [2.75, 3.05) is 16.4 Å². The van der Waals surface area contributed by atoms with Crippen molar-refractivity contribution in [2.24, 2.45) is 0 Å². The van der Waals surface area contributed by atoms with E-state index in [1.54, 1.807) is 12.1 Å². The highest BCUT2D eigenvalue weighted by atomic mass is 16.6. The van der Waals surface area contributed by atoms with E-state index in [-0.39, 0.29) is 11.3 Å². The zero-order chi connectivity index (χ0) is 23.7. The summed E-state index contributed by atoms with van der Waals surface area (Å²) in [5, 5.41) is 18.4. The Kier molecular flexibility index (Phi) is 3.99. The van der Waals surface area contributed by atoms with Crippen LogP contribution >= 0.6 is 0 Å². The molecular formula is C23H21N9O3. The van der Waals surface area contributed by atoms with Crippen LogP contribution in [0.25, 0.3) is 33.2 Å². The molecule has 0 bridgehead atoms. The van der Waals surface area contributed by atoms with E-state index in [4.69, 9.17) is 14.9 Å². The van der Waals surface area contributed by atoms with Crippen molar-refractivity contribution in [3.8, 4) is 11.1 Å². The lowest BCUT2D eigenvalue weighted by Crippen LogP contribution is -2.19. The van der Waals surface area contributed by atoms with Gasteiger partial charge in [0.2, 0.25) is 5.88 Å². The van der Waals surface area contributed by atoms with Gasteiger partial charge in [-0.2, -0.15) is 0 Å². The predicted molar refractivity (Wildman–Crippen MR) is 127 cm³/mol. The smallest absolute Gasteiger partial charge is 0.326 e. The highest BCUT2D eigenvalue weighted by Gasteiger charge is 2.42. The molecule has 2 aliphatic carbocycles. The Morgan fingerprint density at radius 2 is 1.94 bits per heavy atom. The molecule has 4 aromatic heterocycles. The van der Waals surface area contributed by atoms with Gasteiger partial charge < -0.3 is 20.1 Å². The summed E-state index contributed by atoms with van der Waals surface area (Å²) in [6, 6.07) is 5.26. The van der Waals surface area contributed by atoms with Crippen molar-refractivity contribution in [3.05, 3.63) is 36.4 Å². The van der Waals surface area contributed by atoms with Gasteiger partial charge in [0.1, 0.15) is 23.3 Å². The molecule has 2 fully saturated rings. The number of rotatable bonds is 5. The molecule has 176 valence electrons. The summed E-state index contributed by atoms with van der Waals surface area (Å²) in [5.74, 6) is 0.669. The minimum Gasteiger partial charge on any atom is -0.383 e. The van der Waals surface area contributed by atoms with Gasteiger partial charge in [-0.3, -0.25) is 5.32 Å². The SMILES string of the molecule is CC1(c2cc(NC(=O)Nc3ccc(-c4cn(C5CC5)c5ncnc(N)c45)c4nonc34)on2)CC1. The molecule has 35 heavy (non-hydrogen) atoms. The first-order valence-corrected chi connectivity index (χ1v) is 11.4. The number of nitrogens with two attached hydrogens (primary N) is 1. The summed E-state index contributed by atoms with van der Waals surface area (Å²) in [7, 11) is 0. The van der Waals surface area contributed by atoms with Crippen molar-refractivity contribution in [3.63, 3.8) is 0 Å². The number of amides is 2. The Labute approximate surface area is 197 Å².